The summed E-state index contributed by atoms with van der Waals surface area (Å²) >= 11 is 6.02. The molecule has 2 amide bonds. The van der Waals surface area contributed by atoms with Crippen LogP contribution in [0.4, 0.5) is 5.69 Å². The molecule has 0 aliphatic heterocycles. The van der Waals surface area contributed by atoms with Crippen LogP contribution in [-0.2, 0) is 14.3 Å². The van der Waals surface area contributed by atoms with Gasteiger partial charge in [0, 0.05) is 17.3 Å². The topological polar surface area (TPSA) is 87.7 Å². The molecule has 2 aromatic carbocycles. The first-order valence-corrected chi connectivity index (χ1v) is 8.93. The van der Waals surface area contributed by atoms with E-state index < -0.39 is 17.9 Å². The van der Waals surface area contributed by atoms with Crippen LogP contribution in [-0.4, -0.2) is 36.7 Å². The van der Waals surface area contributed by atoms with Crippen molar-refractivity contribution in [1.29, 1.82) is 0 Å². The van der Waals surface area contributed by atoms with Crippen molar-refractivity contribution in [2.45, 2.75) is 20.0 Å². The second kappa shape index (κ2) is 10.1. The second-order valence-corrected chi connectivity index (χ2v) is 6.53. The van der Waals surface area contributed by atoms with Crippen molar-refractivity contribution in [3.63, 3.8) is 0 Å². The number of hydrogen-bond acceptors (Lipinski definition) is 4. The van der Waals surface area contributed by atoms with E-state index in [-0.39, 0.29) is 19.8 Å². The summed E-state index contributed by atoms with van der Waals surface area (Å²) in [6, 6.07) is 12.6. The Labute approximate surface area is 163 Å². The molecule has 0 bridgehead atoms. The number of halogens is 1. The van der Waals surface area contributed by atoms with Gasteiger partial charge in [-0.15, -0.1) is 0 Å². The Morgan fingerprint density at radius 1 is 1.11 bits per heavy atom. The van der Waals surface area contributed by atoms with Crippen molar-refractivity contribution < 1.29 is 19.4 Å². The Morgan fingerprint density at radius 2 is 1.81 bits per heavy atom. The molecule has 7 heteroatoms. The minimum absolute atomic E-state index is 0.101. The number of nitrogens with one attached hydrogen (secondary N) is 2. The zero-order valence-electron chi connectivity index (χ0n) is 15.3. The summed E-state index contributed by atoms with van der Waals surface area (Å²) in [5, 5.41) is 14.6. The molecule has 0 aliphatic rings. The van der Waals surface area contributed by atoms with Gasteiger partial charge in [0.2, 0.25) is 0 Å². The molecule has 0 spiro atoms. The molecular formula is C20H23ClN2O4. The molecule has 1 unspecified atom stereocenters. The molecule has 1 atom stereocenters. The number of anilines is 1. The molecule has 0 radical (unpaired) electrons. The molecule has 0 aromatic heterocycles. The lowest BCUT2D eigenvalue weighted by Gasteiger charge is -2.18. The van der Waals surface area contributed by atoms with E-state index in [1.54, 1.807) is 18.2 Å². The first-order valence-electron chi connectivity index (χ1n) is 8.55. The van der Waals surface area contributed by atoms with Gasteiger partial charge < -0.3 is 20.5 Å². The maximum Gasteiger partial charge on any atom is 0.313 e. The molecule has 2 aromatic rings. The molecule has 0 saturated carbocycles. The zero-order valence-corrected chi connectivity index (χ0v) is 16.0. The zero-order chi connectivity index (χ0) is 19.8. The van der Waals surface area contributed by atoms with Crippen molar-refractivity contribution >= 4 is 29.1 Å². The van der Waals surface area contributed by atoms with Gasteiger partial charge in [0.15, 0.2) is 0 Å². The average Bonchev–Trinajstić information content (AvgIpc) is 2.65. The van der Waals surface area contributed by atoms with Crippen LogP contribution in [0.2, 0.25) is 5.02 Å². The normalized spacial score (nSPS) is 11.7. The van der Waals surface area contributed by atoms with Gasteiger partial charge in [-0.1, -0.05) is 47.5 Å². The van der Waals surface area contributed by atoms with Gasteiger partial charge in [-0.05, 0) is 37.1 Å². The molecule has 3 N–H and O–H groups in total. The van der Waals surface area contributed by atoms with Gasteiger partial charge in [-0.3, -0.25) is 9.59 Å². The van der Waals surface area contributed by atoms with Gasteiger partial charge >= 0.3 is 11.8 Å². The largest absolute Gasteiger partial charge is 0.394 e. The van der Waals surface area contributed by atoms with Crippen LogP contribution in [0.1, 0.15) is 22.8 Å². The highest BCUT2D eigenvalue weighted by atomic mass is 35.5. The van der Waals surface area contributed by atoms with Crippen LogP contribution in [0.3, 0.4) is 0 Å². The number of aliphatic hydroxyl groups is 1. The Hall–Kier alpha value is -2.41. The Bertz CT molecular complexity index is 793. The van der Waals surface area contributed by atoms with E-state index in [4.69, 9.17) is 21.4 Å². The Balaban J connectivity index is 1.96. The number of carbonyl (C=O) groups is 2. The van der Waals surface area contributed by atoms with Gasteiger partial charge in [0.05, 0.1) is 19.3 Å². The average molecular weight is 391 g/mol. The summed E-state index contributed by atoms with van der Waals surface area (Å²) in [7, 11) is 0. The van der Waals surface area contributed by atoms with Gasteiger partial charge in [0.1, 0.15) is 0 Å². The smallest absolute Gasteiger partial charge is 0.313 e. The van der Waals surface area contributed by atoms with E-state index >= 15 is 0 Å². The van der Waals surface area contributed by atoms with E-state index in [0.29, 0.717) is 10.7 Å². The van der Waals surface area contributed by atoms with E-state index in [1.807, 2.05) is 38.1 Å². The lowest BCUT2D eigenvalue weighted by molar-refractivity contribution is -0.136. The fraction of sp³-hybridized carbons (Fsp3) is 0.300. The SMILES string of the molecule is Cc1ccc(C(CNC(=O)C(=O)Nc2ccc(C)c(Cl)c2)OCCO)cc1. The first-order chi connectivity index (χ1) is 12.9. The summed E-state index contributed by atoms with van der Waals surface area (Å²) in [6.45, 7) is 3.91. The lowest BCUT2D eigenvalue weighted by atomic mass is 10.1. The molecule has 6 nitrogen and oxygen atoms in total. The van der Waals surface area contributed by atoms with Gasteiger partial charge in [-0.2, -0.15) is 0 Å². The van der Waals surface area contributed by atoms with Crippen LogP contribution in [0, 0.1) is 13.8 Å². The quantitative estimate of drug-likeness (QED) is 0.634. The van der Waals surface area contributed by atoms with Crippen LogP contribution in [0.15, 0.2) is 42.5 Å². The number of rotatable bonds is 7. The molecule has 2 rings (SSSR count). The molecule has 144 valence electrons. The van der Waals surface area contributed by atoms with Crippen LogP contribution < -0.4 is 10.6 Å². The van der Waals surface area contributed by atoms with E-state index in [1.165, 1.54) is 0 Å². The molecule has 0 aliphatic carbocycles. The Morgan fingerprint density at radius 3 is 2.44 bits per heavy atom. The standard InChI is InChI=1S/C20H23ClN2O4/c1-13-3-6-15(7-4-13)18(27-10-9-24)12-22-19(25)20(26)23-16-8-5-14(2)17(21)11-16/h3-8,11,18,24H,9-10,12H2,1-2H3,(H,22,25)(H,23,26). The summed E-state index contributed by atoms with van der Waals surface area (Å²) < 4.78 is 5.58. The summed E-state index contributed by atoms with van der Waals surface area (Å²) in [4.78, 5) is 24.2. The molecule has 0 heterocycles. The number of aryl methyl sites for hydroxylation is 2. The van der Waals surface area contributed by atoms with Crippen molar-refractivity contribution in [3.05, 3.63) is 64.2 Å². The summed E-state index contributed by atoms with van der Waals surface area (Å²) in [5.74, 6) is -1.57. The molecule has 0 fully saturated rings. The van der Waals surface area contributed by atoms with Crippen molar-refractivity contribution in [1.82, 2.24) is 5.32 Å². The fourth-order valence-corrected chi connectivity index (χ4v) is 2.55. The molecular weight excluding hydrogens is 368 g/mol. The van der Waals surface area contributed by atoms with Gasteiger partial charge in [-0.25, -0.2) is 0 Å². The third kappa shape index (κ3) is 6.36. The number of hydrogen-bond donors (Lipinski definition) is 3. The van der Waals surface area contributed by atoms with Crippen LogP contribution in [0.25, 0.3) is 0 Å². The lowest BCUT2D eigenvalue weighted by Crippen LogP contribution is -2.38. The number of aliphatic hydroxyl groups excluding tert-OH is 1. The number of amides is 2. The fourth-order valence-electron chi connectivity index (χ4n) is 2.37. The molecule has 27 heavy (non-hydrogen) atoms. The van der Waals surface area contributed by atoms with Gasteiger partial charge in [0.25, 0.3) is 0 Å². The first kappa shape index (κ1) is 20.9. The predicted molar refractivity (Wildman–Crippen MR) is 105 cm³/mol. The van der Waals surface area contributed by atoms with Crippen molar-refractivity contribution in [2.24, 2.45) is 0 Å². The maximum atomic E-state index is 12.1. The number of benzene rings is 2. The summed E-state index contributed by atoms with van der Waals surface area (Å²) in [6.07, 6.45) is -0.469. The van der Waals surface area contributed by atoms with E-state index in [9.17, 15) is 9.59 Å². The number of carbonyl (C=O) groups excluding carboxylic acids is 2. The minimum Gasteiger partial charge on any atom is -0.394 e. The third-order valence-electron chi connectivity index (χ3n) is 3.94. The van der Waals surface area contributed by atoms with Crippen molar-refractivity contribution in [3.8, 4) is 0 Å². The summed E-state index contributed by atoms with van der Waals surface area (Å²) in [5.41, 5.74) is 3.26. The highest BCUT2D eigenvalue weighted by molar-refractivity contribution is 6.39. The van der Waals surface area contributed by atoms with Crippen LogP contribution >= 0.6 is 11.6 Å². The third-order valence-corrected chi connectivity index (χ3v) is 4.35. The van der Waals surface area contributed by atoms with E-state index in [2.05, 4.69) is 10.6 Å². The maximum absolute atomic E-state index is 12.1. The highest BCUT2D eigenvalue weighted by Gasteiger charge is 2.18. The second-order valence-electron chi connectivity index (χ2n) is 6.12. The van der Waals surface area contributed by atoms with Crippen LogP contribution in [0.5, 0.6) is 0 Å². The Kier molecular flexibility index (Phi) is 7.79. The van der Waals surface area contributed by atoms with E-state index in [0.717, 1.165) is 16.7 Å². The predicted octanol–water partition coefficient (Wildman–Crippen LogP) is 2.76. The highest BCUT2D eigenvalue weighted by Crippen LogP contribution is 2.20. The minimum atomic E-state index is -0.792. The monoisotopic (exact) mass is 390 g/mol. The number of ether oxygens (including phenoxy) is 1. The molecule has 0 saturated heterocycles. The van der Waals surface area contributed by atoms with Crippen molar-refractivity contribution in [2.75, 3.05) is 25.1 Å².